The molecule has 19 heavy (non-hydrogen) atoms. The van der Waals surface area contributed by atoms with Crippen molar-refractivity contribution in [3.05, 3.63) is 24.3 Å². The highest BCUT2D eigenvalue weighted by molar-refractivity contribution is 7.89. The molecule has 0 aliphatic carbocycles. The Bertz CT molecular complexity index is 661. The van der Waals surface area contributed by atoms with Crippen molar-refractivity contribution in [2.45, 2.75) is 18.0 Å². The molecule has 2 rings (SSSR count). The normalized spacial score (nSPS) is 11.6. The molecule has 0 aromatic carbocycles. The van der Waals surface area contributed by atoms with Gasteiger partial charge in [-0.1, -0.05) is 5.21 Å². The molecule has 0 unspecified atom stereocenters. The van der Waals surface area contributed by atoms with E-state index in [1.54, 1.807) is 0 Å². The number of hydrogen-bond donors (Lipinski definition) is 3. The maximum absolute atomic E-state index is 11.7. The SMILES string of the molecule is O=C(O)Cn1cc(CNS(=O)(=O)c2cn[nH]c2)nn1. The van der Waals surface area contributed by atoms with Gasteiger partial charge in [-0.25, -0.2) is 17.8 Å². The van der Waals surface area contributed by atoms with E-state index in [4.69, 9.17) is 5.11 Å². The van der Waals surface area contributed by atoms with Gasteiger partial charge in [-0.05, 0) is 0 Å². The largest absolute Gasteiger partial charge is 0.480 e. The minimum Gasteiger partial charge on any atom is -0.480 e. The van der Waals surface area contributed by atoms with Crippen LogP contribution in [0.15, 0.2) is 23.5 Å². The van der Waals surface area contributed by atoms with E-state index in [0.29, 0.717) is 5.69 Å². The summed E-state index contributed by atoms with van der Waals surface area (Å²) in [6.07, 6.45) is 3.76. The molecular formula is C8H10N6O4S. The lowest BCUT2D eigenvalue weighted by molar-refractivity contribution is -0.137. The molecule has 0 saturated carbocycles. The third-order valence-corrected chi connectivity index (χ3v) is 3.48. The molecule has 0 spiro atoms. The molecule has 0 amide bonds. The maximum atomic E-state index is 11.7. The van der Waals surface area contributed by atoms with Crippen LogP contribution in [0.25, 0.3) is 0 Å². The highest BCUT2D eigenvalue weighted by atomic mass is 32.2. The Morgan fingerprint density at radius 2 is 2.32 bits per heavy atom. The third-order valence-electron chi connectivity index (χ3n) is 2.11. The van der Waals surface area contributed by atoms with Crippen molar-refractivity contribution in [2.75, 3.05) is 0 Å². The monoisotopic (exact) mass is 286 g/mol. The first kappa shape index (κ1) is 13.2. The summed E-state index contributed by atoms with van der Waals surface area (Å²) in [5, 5.41) is 21.7. The average molecular weight is 286 g/mol. The fourth-order valence-electron chi connectivity index (χ4n) is 1.27. The van der Waals surface area contributed by atoms with Crippen molar-refractivity contribution in [2.24, 2.45) is 0 Å². The summed E-state index contributed by atoms with van der Waals surface area (Å²) in [6, 6.07) is 0. The highest BCUT2D eigenvalue weighted by Crippen LogP contribution is 2.05. The second-order valence-corrected chi connectivity index (χ2v) is 5.33. The summed E-state index contributed by atoms with van der Waals surface area (Å²) in [5.74, 6) is -1.06. The van der Waals surface area contributed by atoms with Crippen LogP contribution in [-0.4, -0.2) is 44.7 Å². The van der Waals surface area contributed by atoms with E-state index in [1.807, 2.05) is 0 Å². The van der Waals surface area contributed by atoms with Gasteiger partial charge >= 0.3 is 5.97 Å². The number of carboxylic acids is 1. The van der Waals surface area contributed by atoms with Gasteiger partial charge in [-0.3, -0.25) is 9.89 Å². The highest BCUT2D eigenvalue weighted by Gasteiger charge is 2.15. The summed E-state index contributed by atoms with van der Waals surface area (Å²) in [4.78, 5) is 10.4. The number of aromatic amines is 1. The molecular weight excluding hydrogens is 276 g/mol. The van der Waals surface area contributed by atoms with Crippen LogP contribution in [0.4, 0.5) is 0 Å². The molecule has 102 valence electrons. The smallest absolute Gasteiger partial charge is 0.325 e. The summed E-state index contributed by atoms with van der Waals surface area (Å²) in [5.41, 5.74) is 0.313. The van der Waals surface area contributed by atoms with Gasteiger partial charge < -0.3 is 5.11 Å². The second-order valence-electron chi connectivity index (χ2n) is 3.56. The van der Waals surface area contributed by atoms with Crippen molar-refractivity contribution in [3.8, 4) is 0 Å². The van der Waals surface area contributed by atoms with Crippen molar-refractivity contribution in [1.29, 1.82) is 0 Å². The Labute approximate surface area is 107 Å². The fourth-order valence-corrected chi connectivity index (χ4v) is 2.18. The predicted octanol–water partition coefficient (Wildman–Crippen LogP) is -1.44. The quantitative estimate of drug-likeness (QED) is 0.590. The van der Waals surface area contributed by atoms with Crippen LogP contribution in [-0.2, 0) is 27.9 Å². The Morgan fingerprint density at radius 3 is 2.95 bits per heavy atom. The van der Waals surface area contributed by atoms with E-state index in [-0.39, 0.29) is 18.0 Å². The molecule has 0 bridgehead atoms. The second kappa shape index (κ2) is 5.16. The summed E-state index contributed by atoms with van der Waals surface area (Å²) < 4.78 is 26.9. The zero-order chi connectivity index (χ0) is 13.9. The number of carbonyl (C=O) groups is 1. The number of carboxylic acid groups (broad SMARTS) is 1. The van der Waals surface area contributed by atoms with Gasteiger partial charge in [-0.2, -0.15) is 5.10 Å². The van der Waals surface area contributed by atoms with Gasteiger partial charge in [0.1, 0.15) is 11.4 Å². The van der Waals surface area contributed by atoms with Gasteiger partial charge in [0.25, 0.3) is 0 Å². The molecule has 0 aliphatic heterocycles. The van der Waals surface area contributed by atoms with Crippen LogP contribution >= 0.6 is 0 Å². The number of nitrogens with zero attached hydrogens (tertiary/aromatic N) is 4. The first-order valence-electron chi connectivity index (χ1n) is 5.06. The Morgan fingerprint density at radius 1 is 1.53 bits per heavy atom. The minimum absolute atomic E-state index is 0.00503. The topological polar surface area (TPSA) is 143 Å². The van der Waals surface area contributed by atoms with Crippen LogP contribution in [0, 0.1) is 0 Å². The molecule has 2 heterocycles. The zero-order valence-electron chi connectivity index (χ0n) is 9.52. The van der Waals surface area contributed by atoms with Crippen LogP contribution in [0.1, 0.15) is 5.69 Å². The molecule has 2 aromatic rings. The lowest BCUT2D eigenvalue weighted by Gasteiger charge is -2.01. The Hall–Kier alpha value is -2.27. The van der Waals surface area contributed by atoms with E-state index < -0.39 is 16.0 Å². The number of H-pyrrole nitrogens is 1. The third kappa shape index (κ3) is 3.35. The first-order chi connectivity index (χ1) is 8.97. The Balaban J connectivity index is 1.99. The molecule has 3 N–H and O–H groups in total. The molecule has 0 saturated heterocycles. The van der Waals surface area contributed by atoms with Crippen LogP contribution in [0.5, 0.6) is 0 Å². The number of hydrogen-bond acceptors (Lipinski definition) is 6. The summed E-state index contributed by atoms with van der Waals surface area (Å²) >= 11 is 0. The van der Waals surface area contributed by atoms with Crippen molar-refractivity contribution < 1.29 is 18.3 Å². The van der Waals surface area contributed by atoms with Gasteiger partial charge in [0.15, 0.2) is 0 Å². The summed E-state index contributed by atoms with van der Waals surface area (Å²) in [7, 11) is -3.67. The van der Waals surface area contributed by atoms with Crippen LogP contribution < -0.4 is 4.72 Å². The van der Waals surface area contributed by atoms with Crippen molar-refractivity contribution in [3.63, 3.8) is 0 Å². The molecule has 0 radical (unpaired) electrons. The van der Waals surface area contributed by atoms with Gasteiger partial charge in [0.2, 0.25) is 10.0 Å². The molecule has 0 fully saturated rings. The van der Waals surface area contributed by atoms with Crippen LogP contribution in [0.2, 0.25) is 0 Å². The van der Waals surface area contributed by atoms with E-state index >= 15 is 0 Å². The van der Waals surface area contributed by atoms with Crippen molar-refractivity contribution in [1.82, 2.24) is 29.9 Å². The maximum Gasteiger partial charge on any atom is 0.325 e. The number of rotatable bonds is 6. The fraction of sp³-hybridized carbons (Fsp3) is 0.250. The van der Waals surface area contributed by atoms with E-state index in [9.17, 15) is 13.2 Å². The van der Waals surface area contributed by atoms with Gasteiger partial charge in [0, 0.05) is 6.20 Å². The van der Waals surface area contributed by atoms with Crippen molar-refractivity contribution >= 4 is 16.0 Å². The molecule has 0 aliphatic rings. The number of aromatic nitrogens is 5. The van der Waals surface area contributed by atoms with Crippen LogP contribution in [0.3, 0.4) is 0 Å². The van der Waals surface area contributed by atoms with E-state index in [1.165, 1.54) is 18.6 Å². The predicted molar refractivity (Wildman–Crippen MR) is 60.3 cm³/mol. The Kier molecular flexibility index (Phi) is 3.57. The number of sulfonamides is 1. The molecule has 2 aromatic heterocycles. The minimum atomic E-state index is -3.67. The van der Waals surface area contributed by atoms with Gasteiger partial charge in [-0.15, -0.1) is 5.10 Å². The lowest BCUT2D eigenvalue weighted by Crippen LogP contribution is -2.23. The van der Waals surface area contributed by atoms with Gasteiger partial charge in [0.05, 0.1) is 24.6 Å². The molecule has 0 atom stereocenters. The lowest BCUT2D eigenvalue weighted by atomic mass is 10.5. The molecule has 11 heteroatoms. The zero-order valence-corrected chi connectivity index (χ0v) is 10.3. The standard InChI is InChI=1S/C8H10N6O4S/c15-8(16)5-14-4-6(12-13-14)1-11-19(17,18)7-2-9-10-3-7/h2-4,11H,1,5H2,(H,9,10)(H,15,16). The van der Waals surface area contributed by atoms with E-state index in [2.05, 4.69) is 25.2 Å². The average Bonchev–Trinajstić information content (AvgIpc) is 2.96. The summed E-state index contributed by atoms with van der Waals surface area (Å²) in [6.45, 7) is -0.422. The first-order valence-corrected chi connectivity index (χ1v) is 6.55. The molecule has 10 nitrogen and oxygen atoms in total. The van der Waals surface area contributed by atoms with E-state index in [0.717, 1.165) is 4.68 Å². The number of aliphatic carboxylic acids is 1. The number of nitrogens with one attached hydrogen (secondary N) is 2.